The maximum absolute atomic E-state index is 13.1. The van der Waals surface area contributed by atoms with Crippen LogP contribution in [0.25, 0.3) is 17.1 Å². The van der Waals surface area contributed by atoms with Crippen LogP contribution in [-0.4, -0.2) is 43.6 Å². The van der Waals surface area contributed by atoms with Gasteiger partial charge in [0, 0.05) is 36.1 Å². The number of hydrogen-bond acceptors (Lipinski definition) is 6. The van der Waals surface area contributed by atoms with Gasteiger partial charge in [0.1, 0.15) is 11.6 Å². The maximum atomic E-state index is 13.1. The van der Waals surface area contributed by atoms with Gasteiger partial charge in [0.2, 0.25) is 17.6 Å². The first-order chi connectivity index (χ1) is 17.0. The lowest BCUT2D eigenvalue weighted by molar-refractivity contribution is -0.126. The summed E-state index contributed by atoms with van der Waals surface area (Å²) in [6.07, 6.45) is 5.27. The molecule has 8 nitrogen and oxygen atoms in total. The third-order valence-corrected chi connectivity index (χ3v) is 6.39. The molecule has 1 aliphatic heterocycles. The topological polar surface area (TPSA) is 89.1 Å². The number of carbonyl (C=O) groups is 1. The van der Waals surface area contributed by atoms with Gasteiger partial charge in [0.15, 0.2) is 0 Å². The number of imidazole rings is 1. The zero-order valence-corrected chi connectivity index (χ0v) is 19.5. The van der Waals surface area contributed by atoms with Gasteiger partial charge in [0.25, 0.3) is 0 Å². The van der Waals surface area contributed by atoms with E-state index in [0.717, 1.165) is 43.0 Å². The average Bonchev–Trinajstić information content (AvgIpc) is 3.53. The fraction of sp³-hybridized carbons (Fsp3) is 0.308. The minimum Gasteiger partial charge on any atom is -0.352 e. The summed E-state index contributed by atoms with van der Waals surface area (Å²) in [6.45, 7) is 4.57. The Hall–Kier alpha value is -3.85. The maximum Gasteiger partial charge on any atom is 0.241 e. The van der Waals surface area contributed by atoms with Crippen LogP contribution in [0, 0.1) is 18.7 Å². The van der Waals surface area contributed by atoms with E-state index in [4.69, 9.17) is 4.52 Å². The van der Waals surface area contributed by atoms with Gasteiger partial charge >= 0.3 is 0 Å². The van der Waals surface area contributed by atoms with Crippen LogP contribution in [0.1, 0.15) is 30.1 Å². The zero-order chi connectivity index (χ0) is 24.2. The third-order valence-electron chi connectivity index (χ3n) is 6.39. The first-order valence-corrected chi connectivity index (χ1v) is 11.7. The molecule has 2 aromatic heterocycles. The van der Waals surface area contributed by atoms with E-state index in [1.165, 1.54) is 12.1 Å². The Labute approximate surface area is 202 Å². The Morgan fingerprint density at radius 3 is 2.54 bits per heavy atom. The molecule has 0 atom stereocenters. The summed E-state index contributed by atoms with van der Waals surface area (Å²) in [5, 5.41) is 7.08. The van der Waals surface area contributed by atoms with E-state index in [1.807, 2.05) is 42.0 Å². The highest BCUT2D eigenvalue weighted by molar-refractivity contribution is 5.78. The van der Waals surface area contributed by atoms with Gasteiger partial charge in [-0.3, -0.25) is 9.69 Å². The van der Waals surface area contributed by atoms with Crippen LogP contribution in [0.3, 0.4) is 0 Å². The molecule has 1 saturated heterocycles. The standard InChI is InChI=1S/C26H27FN6O2/c1-18-28-12-15-33(18)23-8-2-19(3-9-23)16-29-26(34)21-10-13-32(14-11-21)17-24-30-25(31-35-24)20-4-6-22(27)7-5-20/h2-9,12,15,21H,10-11,13-14,16-17H2,1H3,(H,29,34). The number of benzene rings is 2. The van der Waals surface area contributed by atoms with Crippen molar-refractivity contribution in [1.82, 2.24) is 29.9 Å². The molecule has 0 aliphatic carbocycles. The molecule has 1 amide bonds. The van der Waals surface area contributed by atoms with Crippen molar-refractivity contribution in [2.75, 3.05) is 13.1 Å². The fourth-order valence-corrected chi connectivity index (χ4v) is 4.34. The molecular formula is C26H27FN6O2. The largest absolute Gasteiger partial charge is 0.352 e. The number of amides is 1. The van der Waals surface area contributed by atoms with Crippen LogP contribution in [0.15, 0.2) is 65.4 Å². The van der Waals surface area contributed by atoms with Crippen LogP contribution >= 0.6 is 0 Å². The SMILES string of the molecule is Cc1nccn1-c1ccc(CNC(=O)C2CCN(Cc3nc(-c4ccc(F)cc4)no3)CC2)cc1. The molecule has 4 aromatic rings. The van der Waals surface area contributed by atoms with E-state index in [0.29, 0.717) is 30.4 Å². The molecule has 5 rings (SSSR count). The predicted molar refractivity (Wildman–Crippen MR) is 128 cm³/mol. The predicted octanol–water partition coefficient (Wildman–Crippen LogP) is 3.90. The van der Waals surface area contributed by atoms with Crippen molar-refractivity contribution in [2.24, 2.45) is 5.92 Å². The summed E-state index contributed by atoms with van der Waals surface area (Å²) in [4.78, 5) is 23.6. The second-order valence-corrected chi connectivity index (χ2v) is 8.80. The average molecular weight is 475 g/mol. The quantitative estimate of drug-likeness (QED) is 0.437. The van der Waals surface area contributed by atoms with Crippen molar-refractivity contribution in [2.45, 2.75) is 32.9 Å². The molecule has 9 heteroatoms. The number of hydrogen-bond donors (Lipinski definition) is 1. The number of aromatic nitrogens is 4. The minimum absolute atomic E-state index is 0.00316. The van der Waals surface area contributed by atoms with Crippen LogP contribution in [0.4, 0.5) is 4.39 Å². The lowest BCUT2D eigenvalue weighted by Gasteiger charge is -2.30. The van der Waals surface area contributed by atoms with E-state index >= 15 is 0 Å². The number of likely N-dealkylation sites (tertiary alicyclic amines) is 1. The van der Waals surface area contributed by atoms with Gasteiger partial charge in [-0.1, -0.05) is 17.3 Å². The highest BCUT2D eigenvalue weighted by atomic mass is 19.1. The van der Waals surface area contributed by atoms with Crippen molar-refractivity contribution in [3.8, 4) is 17.1 Å². The van der Waals surface area contributed by atoms with Crippen LogP contribution in [0.5, 0.6) is 0 Å². The molecule has 0 unspecified atom stereocenters. The molecule has 1 aliphatic rings. The van der Waals surface area contributed by atoms with Crippen molar-refractivity contribution in [3.63, 3.8) is 0 Å². The Bertz CT molecular complexity index is 1270. The van der Waals surface area contributed by atoms with Crippen LogP contribution in [-0.2, 0) is 17.9 Å². The van der Waals surface area contributed by atoms with Gasteiger partial charge in [-0.2, -0.15) is 4.98 Å². The summed E-state index contributed by atoms with van der Waals surface area (Å²) >= 11 is 0. The lowest BCUT2D eigenvalue weighted by Crippen LogP contribution is -2.40. The molecule has 0 bridgehead atoms. The minimum atomic E-state index is -0.303. The van der Waals surface area contributed by atoms with E-state index < -0.39 is 0 Å². The van der Waals surface area contributed by atoms with E-state index in [9.17, 15) is 9.18 Å². The number of aryl methyl sites for hydroxylation is 1. The number of nitrogens with one attached hydrogen (secondary N) is 1. The first kappa shape index (κ1) is 22.9. The third kappa shape index (κ3) is 5.46. The number of piperidine rings is 1. The van der Waals surface area contributed by atoms with Crippen LogP contribution < -0.4 is 5.32 Å². The fourth-order valence-electron chi connectivity index (χ4n) is 4.34. The molecule has 0 saturated carbocycles. The Morgan fingerprint density at radius 1 is 1.11 bits per heavy atom. The van der Waals surface area contributed by atoms with Gasteiger partial charge in [0.05, 0.1) is 6.54 Å². The highest BCUT2D eigenvalue weighted by Crippen LogP contribution is 2.21. The monoisotopic (exact) mass is 474 g/mol. The van der Waals surface area contributed by atoms with Crippen molar-refractivity contribution >= 4 is 5.91 Å². The summed E-state index contributed by atoms with van der Waals surface area (Å²) in [6, 6.07) is 14.1. The zero-order valence-electron chi connectivity index (χ0n) is 19.5. The molecule has 0 radical (unpaired) electrons. The van der Waals surface area contributed by atoms with E-state index in [1.54, 1.807) is 18.3 Å². The van der Waals surface area contributed by atoms with Gasteiger partial charge < -0.3 is 14.4 Å². The van der Waals surface area contributed by atoms with Gasteiger partial charge in [-0.05, 0) is 74.8 Å². The highest BCUT2D eigenvalue weighted by Gasteiger charge is 2.26. The number of halogens is 1. The second-order valence-electron chi connectivity index (χ2n) is 8.80. The Morgan fingerprint density at radius 2 is 1.86 bits per heavy atom. The second kappa shape index (κ2) is 10.2. The Kier molecular flexibility index (Phi) is 6.67. The molecule has 1 N–H and O–H groups in total. The lowest BCUT2D eigenvalue weighted by atomic mass is 9.96. The van der Waals surface area contributed by atoms with Crippen molar-refractivity contribution in [1.29, 1.82) is 0 Å². The smallest absolute Gasteiger partial charge is 0.241 e. The van der Waals surface area contributed by atoms with Crippen molar-refractivity contribution < 1.29 is 13.7 Å². The summed E-state index contributed by atoms with van der Waals surface area (Å²) in [5.41, 5.74) is 2.82. The first-order valence-electron chi connectivity index (χ1n) is 11.7. The number of rotatable bonds is 7. The molecule has 1 fully saturated rings. The molecule has 0 spiro atoms. The number of carbonyl (C=O) groups excluding carboxylic acids is 1. The van der Waals surface area contributed by atoms with E-state index in [-0.39, 0.29) is 17.6 Å². The van der Waals surface area contributed by atoms with Gasteiger partial charge in [-0.25, -0.2) is 9.37 Å². The van der Waals surface area contributed by atoms with Crippen molar-refractivity contribution in [3.05, 3.63) is 84.0 Å². The normalized spacial score (nSPS) is 14.8. The summed E-state index contributed by atoms with van der Waals surface area (Å²) in [7, 11) is 0. The molecule has 180 valence electrons. The van der Waals surface area contributed by atoms with Gasteiger partial charge in [-0.15, -0.1) is 0 Å². The summed E-state index contributed by atoms with van der Waals surface area (Å²) < 4.78 is 20.5. The number of nitrogens with zero attached hydrogens (tertiary/aromatic N) is 5. The van der Waals surface area contributed by atoms with Crippen LogP contribution in [0.2, 0.25) is 0 Å². The summed E-state index contributed by atoms with van der Waals surface area (Å²) in [5.74, 6) is 1.68. The molecule has 2 aromatic carbocycles. The molecule has 35 heavy (non-hydrogen) atoms. The van der Waals surface area contributed by atoms with E-state index in [2.05, 4.69) is 25.3 Å². The Balaban J connectivity index is 1.08. The molecule has 3 heterocycles. The molecular weight excluding hydrogens is 447 g/mol.